The van der Waals surface area contributed by atoms with E-state index in [2.05, 4.69) is 55.3 Å². The predicted molar refractivity (Wildman–Crippen MR) is 73.1 cm³/mol. The van der Waals surface area contributed by atoms with Gasteiger partial charge in [0.2, 0.25) is 0 Å². The predicted octanol–water partition coefficient (Wildman–Crippen LogP) is 3.41. The molecule has 0 saturated heterocycles. The van der Waals surface area contributed by atoms with Crippen LogP contribution in [-0.2, 0) is 6.42 Å². The third-order valence-electron chi connectivity index (χ3n) is 3.31. The normalized spacial score (nSPS) is 24.1. The summed E-state index contributed by atoms with van der Waals surface area (Å²) in [5.41, 5.74) is 3.06. The van der Waals surface area contributed by atoms with E-state index in [1.807, 2.05) is 0 Å². The molecule has 0 saturated carbocycles. The average molecular weight is 235 g/mol. The Bertz CT molecular complexity index is 337. The molecule has 0 amide bonds. The summed E-state index contributed by atoms with van der Waals surface area (Å²) in [4.78, 5) is 0. The third kappa shape index (κ3) is 2.44. The van der Waals surface area contributed by atoms with E-state index in [4.69, 9.17) is 0 Å². The fourth-order valence-electron chi connectivity index (χ4n) is 2.52. The number of rotatable bonds is 4. The SMILES string of the molecule is CCCSC1CCc2ccccc2C1NC. The van der Waals surface area contributed by atoms with Gasteiger partial charge in [-0.1, -0.05) is 31.2 Å². The van der Waals surface area contributed by atoms with Crippen molar-refractivity contribution < 1.29 is 0 Å². The monoisotopic (exact) mass is 235 g/mol. The number of nitrogens with one attached hydrogen (secondary N) is 1. The van der Waals surface area contributed by atoms with Crippen molar-refractivity contribution in [3.05, 3.63) is 35.4 Å². The van der Waals surface area contributed by atoms with Gasteiger partial charge < -0.3 is 5.32 Å². The number of aryl methyl sites for hydroxylation is 1. The standard InChI is InChI=1S/C14H21NS/c1-3-10-16-13-9-8-11-6-4-5-7-12(11)14(13)15-2/h4-7,13-15H,3,8-10H2,1-2H3. The van der Waals surface area contributed by atoms with Crippen molar-refractivity contribution >= 4 is 11.8 Å². The van der Waals surface area contributed by atoms with E-state index in [1.54, 1.807) is 0 Å². The minimum Gasteiger partial charge on any atom is -0.312 e. The second-order valence-electron chi connectivity index (χ2n) is 4.41. The van der Waals surface area contributed by atoms with Gasteiger partial charge in [-0.05, 0) is 43.2 Å². The van der Waals surface area contributed by atoms with Gasteiger partial charge in [-0.25, -0.2) is 0 Å². The lowest BCUT2D eigenvalue weighted by Crippen LogP contribution is -2.32. The first kappa shape index (κ1) is 12.0. The average Bonchev–Trinajstić information content (AvgIpc) is 2.35. The lowest BCUT2D eigenvalue weighted by Gasteiger charge is -2.33. The molecule has 0 spiro atoms. The minimum atomic E-state index is 0.543. The van der Waals surface area contributed by atoms with E-state index in [9.17, 15) is 0 Å². The molecule has 0 bridgehead atoms. The molecule has 0 radical (unpaired) electrons. The van der Waals surface area contributed by atoms with Crippen LogP contribution in [0.15, 0.2) is 24.3 Å². The Morgan fingerprint density at radius 2 is 2.19 bits per heavy atom. The maximum Gasteiger partial charge on any atom is 0.0441 e. The lowest BCUT2D eigenvalue weighted by atomic mass is 9.87. The zero-order valence-electron chi connectivity index (χ0n) is 10.2. The van der Waals surface area contributed by atoms with E-state index in [0.717, 1.165) is 5.25 Å². The summed E-state index contributed by atoms with van der Waals surface area (Å²) < 4.78 is 0. The molecule has 0 aliphatic heterocycles. The molecule has 1 aliphatic carbocycles. The van der Waals surface area contributed by atoms with Gasteiger partial charge in [0.1, 0.15) is 0 Å². The molecular weight excluding hydrogens is 214 g/mol. The van der Waals surface area contributed by atoms with Crippen LogP contribution in [0.2, 0.25) is 0 Å². The van der Waals surface area contributed by atoms with Crippen molar-refractivity contribution in [2.75, 3.05) is 12.8 Å². The van der Waals surface area contributed by atoms with Gasteiger partial charge in [0.05, 0.1) is 0 Å². The van der Waals surface area contributed by atoms with Gasteiger partial charge in [0, 0.05) is 11.3 Å². The van der Waals surface area contributed by atoms with Crippen molar-refractivity contribution in [1.82, 2.24) is 5.32 Å². The van der Waals surface area contributed by atoms with E-state index in [0.29, 0.717) is 6.04 Å². The molecule has 0 heterocycles. The van der Waals surface area contributed by atoms with Crippen molar-refractivity contribution in [3.63, 3.8) is 0 Å². The summed E-state index contributed by atoms with van der Waals surface area (Å²) in [5, 5.41) is 4.25. The fourth-order valence-corrected chi connectivity index (χ4v) is 3.82. The molecule has 2 heteroatoms. The molecule has 1 aromatic carbocycles. The maximum atomic E-state index is 3.50. The zero-order chi connectivity index (χ0) is 11.4. The number of thioether (sulfide) groups is 1. The third-order valence-corrected chi connectivity index (χ3v) is 4.89. The van der Waals surface area contributed by atoms with Gasteiger partial charge in [0.15, 0.2) is 0 Å². The van der Waals surface area contributed by atoms with E-state index in [-0.39, 0.29) is 0 Å². The molecule has 1 aliphatic rings. The number of hydrogen-bond acceptors (Lipinski definition) is 2. The second kappa shape index (κ2) is 5.74. The Morgan fingerprint density at radius 1 is 1.38 bits per heavy atom. The first-order valence-electron chi connectivity index (χ1n) is 6.23. The highest BCUT2D eigenvalue weighted by molar-refractivity contribution is 7.99. The van der Waals surface area contributed by atoms with Crippen molar-refractivity contribution in [1.29, 1.82) is 0 Å². The van der Waals surface area contributed by atoms with Crippen LogP contribution in [0.25, 0.3) is 0 Å². The molecule has 2 atom stereocenters. The van der Waals surface area contributed by atoms with Crippen LogP contribution in [0.5, 0.6) is 0 Å². The molecule has 0 aromatic heterocycles. The molecule has 16 heavy (non-hydrogen) atoms. The van der Waals surface area contributed by atoms with Crippen LogP contribution in [-0.4, -0.2) is 18.1 Å². The fraction of sp³-hybridized carbons (Fsp3) is 0.571. The van der Waals surface area contributed by atoms with Crippen LogP contribution < -0.4 is 5.32 Å². The number of hydrogen-bond donors (Lipinski definition) is 1. The topological polar surface area (TPSA) is 12.0 Å². The summed E-state index contributed by atoms with van der Waals surface area (Å²) in [6.07, 6.45) is 3.84. The van der Waals surface area contributed by atoms with E-state index in [1.165, 1.54) is 36.1 Å². The molecule has 2 unspecified atom stereocenters. The Morgan fingerprint density at radius 3 is 2.94 bits per heavy atom. The highest BCUT2D eigenvalue weighted by atomic mass is 32.2. The van der Waals surface area contributed by atoms with Crippen LogP contribution in [0.4, 0.5) is 0 Å². The first-order chi connectivity index (χ1) is 7.86. The van der Waals surface area contributed by atoms with Crippen LogP contribution in [0, 0.1) is 0 Å². The number of benzene rings is 1. The Labute approximate surface area is 103 Å². The number of fused-ring (bicyclic) bond motifs is 1. The minimum absolute atomic E-state index is 0.543. The largest absolute Gasteiger partial charge is 0.312 e. The van der Waals surface area contributed by atoms with Gasteiger partial charge in [-0.3, -0.25) is 0 Å². The molecule has 0 fully saturated rings. The highest BCUT2D eigenvalue weighted by Crippen LogP contribution is 2.36. The molecule has 1 N–H and O–H groups in total. The second-order valence-corrected chi connectivity index (χ2v) is 5.76. The van der Waals surface area contributed by atoms with Crippen molar-refractivity contribution in [2.45, 2.75) is 37.5 Å². The molecule has 1 aromatic rings. The van der Waals surface area contributed by atoms with Gasteiger partial charge in [-0.2, -0.15) is 11.8 Å². The van der Waals surface area contributed by atoms with Gasteiger partial charge in [0.25, 0.3) is 0 Å². The van der Waals surface area contributed by atoms with Crippen LogP contribution in [0.1, 0.15) is 36.9 Å². The summed E-state index contributed by atoms with van der Waals surface area (Å²) in [6, 6.07) is 9.43. The molecule has 2 rings (SSSR count). The lowest BCUT2D eigenvalue weighted by molar-refractivity contribution is 0.510. The summed E-state index contributed by atoms with van der Waals surface area (Å²) in [5.74, 6) is 1.28. The summed E-state index contributed by atoms with van der Waals surface area (Å²) in [6.45, 7) is 2.26. The van der Waals surface area contributed by atoms with Gasteiger partial charge in [-0.15, -0.1) is 0 Å². The molecule has 1 nitrogen and oxygen atoms in total. The van der Waals surface area contributed by atoms with Crippen molar-refractivity contribution in [2.24, 2.45) is 0 Å². The Kier molecular flexibility index (Phi) is 4.30. The smallest absolute Gasteiger partial charge is 0.0441 e. The summed E-state index contributed by atoms with van der Waals surface area (Å²) >= 11 is 2.13. The van der Waals surface area contributed by atoms with Crippen LogP contribution in [0.3, 0.4) is 0 Å². The Hall–Kier alpha value is -0.470. The van der Waals surface area contributed by atoms with Crippen LogP contribution >= 0.6 is 11.8 Å². The van der Waals surface area contributed by atoms with E-state index < -0.39 is 0 Å². The molecular formula is C14H21NS. The summed E-state index contributed by atoms with van der Waals surface area (Å²) in [7, 11) is 2.09. The quantitative estimate of drug-likeness (QED) is 0.858. The maximum absolute atomic E-state index is 3.50. The van der Waals surface area contributed by atoms with Crippen molar-refractivity contribution in [3.8, 4) is 0 Å². The highest BCUT2D eigenvalue weighted by Gasteiger charge is 2.27. The van der Waals surface area contributed by atoms with Gasteiger partial charge >= 0.3 is 0 Å². The van der Waals surface area contributed by atoms with E-state index >= 15 is 0 Å². The first-order valence-corrected chi connectivity index (χ1v) is 7.28. The Balaban J connectivity index is 2.16. The zero-order valence-corrected chi connectivity index (χ0v) is 11.0. The molecule has 88 valence electrons.